The zero-order valence-corrected chi connectivity index (χ0v) is 16.3. The Hall–Kier alpha value is -2.44. The molecular weight excluding hydrogens is 393 g/mol. The number of hydrogen-bond donors (Lipinski definition) is 1. The van der Waals surface area contributed by atoms with Crippen molar-refractivity contribution < 1.29 is 23.8 Å². The van der Waals surface area contributed by atoms with Crippen LogP contribution >= 0.6 is 23.2 Å². The highest BCUT2D eigenvalue weighted by atomic mass is 35.5. The summed E-state index contributed by atoms with van der Waals surface area (Å²) in [5.41, 5.74) is 1.56. The number of esters is 1. The SMILES string of the molecule is Cc1cccc(NC(=O)O[C@@H](C)C(=O)OCCOc2ccc(Cl)cc2Cl)c1. The van der Waals surface area contributed by atoms with Crippen molar-refractivity contribution in [2.45, 2.75) is 20.0 Å². The normalized spacial score (nSPS) is 11.4. The Bertz CT molecular complexity index is 812. The summed E-state index contributed by atoms with van der Waals surface area (Å²) in [7, 11) is 0. The number of aryl methyl sites for hydroxylation is 1. The molecule has 8 heteroatoms. The zero-order valence-electron chi connectivity index (χ0n) is 14.8. The van der Waals surface area contributed by atoms with Crippen molar-refractivity contribution in [3.63, 3.8) is 0 Å². The van der Waals surface area contributed by atoms with Gasteiger partial charge in [-0.1, -0.05) is 35.3 Å². The van der Waals surface area contributed by atoms with Gasteiger partial charge >= 0.3 is 12.1 Å². The molecule has 0 bridgehead atoms. The molecule has 0 aromatic heterocycles. The van der Waals surface area contributed by atoms with Crippen LogP contribution in [-0.2, 0) is 14.3 Å². The number of hydrogen-bond acceptors (Lipinski definition) is 5. The van der Waals surface area contributed by atoms with Crippen molar-refractivity contribution in [3.05, 3.63) is 58.1 Å². The first kappa shape index (κ1) is 20.9. The predicted octanol–water partition coefficient (Wildman–Crippen LogP) is 4.86. The van der Waals surface area contributed by atoms with Crippen molar-refractivity contribution in [3.8, 4) is 5.75 Å². The minimum Gasteiger partial charge on any atom is -0.488 e. The largest absolute Gasteiger partial charge is 0.488 e. The maximum atomic E-state index is 11.9. The van der Waals surface area contributed by atoms with Crippen LogP contribution in [0, 0.1) is 6.92 Å². The third-order valence-electron chi connectivity index (χ3n) is 3.36. The number of carbonyl (C=O) groups excluding carboxylic acids is 2. The number of anilines is 1. The van der Waals surface area contributed by atoms with E-state index in [9.17, 15) is 9.59 Å². The molecule has 2 aromatic rings. The lowest BCUT2D eigenvalue weighted by Gasteiger charge is -2.14. The predicted molar refractivity (Wildman–Crippen MR) is 104 cm³/mol. The van der Waals surface area contributed by atoms with Gasteiger partial charge in [0.05, 0.1) is 5.02 Å². The Kier molecular flexibility index (Phi) is 7.76. The Balaban J connectivity index is 1.71. The van der Waals surface area contributed by atoms with Crippen LogP contribution in [0.4, 0.5) is 10.5 Å². The first-order chi connectivity index (χ1) is 12.8. The first-order valence-corrected chi connectivity index (χ1v) is 8.89. The smallest absolute Gasteiger partial charge is 0.412 e. The number of amides is 1. The topological polar surface area (TPSA) is 73.9 Å². The maximum Gasteiger partial charge on any atom is 0.412 e. The minimum absolute atomic E-state index is 0.0228. The highest BCUT2D eigenvalue weighted by molar-refractivity contribution is 6.35. The molecule has 0 heterocycles. The van der Waals surface area contributed by atoms with Crippen molar-refractivity contribution in [1.82, 2.24) is 0 Å². The van der Waals surface area contributed by atoms with Crippen LogP contribution in [0.2, 0.25) is 10.0 Å². The second-order valence-corrected chi connectivity index (χ2v) is 6.48. The van der Waals surface area contributed by atoms with E-state index in [0.29, 0.717) is 21.5 Å². The van der Waals surface area contributed by atoms with Crippen LogP contribution in [0.3, 0.4) is 0 Å². The Morgan fingerprint density at radius 2 is 1.89 bits per heavy atom. The quantitative estimate of drug-likeness (QED) is 0.519. The molecule has 0 aliphatic heterocycles. The standard InChI is InChI=1S/C19H19Cl2NO5/c1-12-4-3-5-15(10-12)22-19(24)27-13(2)18(23)26-9-8-25-17-7-6-14(20)11-16(17)21/h3-7,10-11,13H,8-9H2,1-2H3,(H,22,24)/t13-/m0/s1. The molecule has 0 saturated carbocycles. The molecule has 1 atom stereocenters. The highest BCUT2D eigenvalue weighted by Crippen LogP contribution is 2.27. The summed E-state index contributed by atoms with van der Waals surface area (Å²) in [4.78, 5) is 23.7. The van der Waals surface area contributed by atoms with Crippen LogP contribution in [0.5, 0.6) is 5.75 Å². The van der Waals surface area contributed by atoms with Crippen LogP contribution in [0.15, 0.2) is 42.5 Å². The van der Waals surface area contributed by atoms with Crippen LogP contribution in [0.1, 0.15) is 12.5 Å². The summed E-state index contributed by atoms with van der Waals surface area (Å²) < 4.78 is 15.4. The first-order valence-electron chi connectivity index (χ1n) is 8.14. The van der Waals surface area contributed by atoms with Crippen molar-refractivity contribution in [1.29, 1.82) is 0 Å². The van der Waals surface area contributed by atoms with E-state index in [2.05, 4.69) is 5.32 Å². The molecule has 1 amide bonds. The molecule has 0 radical (unpaired) electrons. The van der Waals surface area contributed by atoms with Crippen LogP contribution in [0.25, 0.3) is 0 Å². The fourth-order valence-corrected chi connectivity index (χ4v) is 2.55. The lowest BCUT2D eigenvalue weighted by Crippen LogP contribution is -2.29. The summed E-state index contributed by atoms with van der Waals surface area (Å²) in [6.45, 7) is 3.39. The molecule has 0 spiro atoms. The molecule has 0 aliphatic carbocycles. The number of rotatable bonds is 7. The summed E-state index contributed by atoms with van der Waals surface area (Å²) >= 11 is 11.8. The van der Waals surface area contributed by atoms with Crippen molar-refractivity contribution in [2.75, 3.05) is 18.5 Å². The number of ether oxygens (including phenoxy) is 3. The molecule has 27 heavy (non-hydrogen) atoms. The second kappa shape index (κ2) is 10.0. The fourth-order valence-electron chi connectivity index (χ4n) is 2.08. The van der Waals surface area contributed by atoms with Gasteiger partial charge in [0.2, 0.25) is 0 Å². The number of nitrogens with one attached hydrogen (secondary N) is 1. The molecular formula is C19H19Cl2NO5. The van der Waals surface area contributed by atoms with E-state index in [-0.39, 0.29) is 13.2 Å². The van der Waals surface area contributed by atoms with E-state index in [1.165, 1.54) is 6.92 Å². The molecule has 2 rings (SSSR count). The van der Waals surface area contributed by atoms with Crippen molar-refractivity contribution in [2.24, 2.45) is 0 Å². The van der Waals surface area contributed by atoms with Gasteiger partial charge in [-0.15, -0.1) is 0 Å². The third-order valence-corrected chi connectivity index (χ3v) is 3.89. The van der Waals surface area contributed by atoms with E-state index < -0.39 is 18.2 Å². The Morgan fingerprint density at radius 1 is 1.11 bits per heavy atom. The van der Waals surface area contributed by atoms with Crippen LogP contribution in [-0.4, -0.2) is 31.4 Å². The molecule has 144 valence electrons. The Morgan fingerprint density at radius 3 is 2.59 bits per heavy atom. The second-order valence-electron chi connectivity index (χ2n) is 5.63. The summed E-state index contributed by atoms with van der Waals surface area (Å²) in [6.07, 6.45) is -1.80. The lowest BCUT2D eigenvalue weighted by molar-refractivity contribution is -0.153. The van der Waals surface area contributed by atoms with Crippen LogP contribution < -0.4 is 10.1 Å². The molecule has 6 nitrogen and oxygen atoms in total. The van der Waals surface area contributed by atoms with Crippen molar-refractivity contribution >= 4 is 41.0 Å². The molecule has 0 unspecified atom stereocenters. The summed E-state index contributed by atoms with van der Waals surface area (Å²) in [6, 6.07) is 12.0. The van der Waals surface area contributed by atoms with Gasteiger partial charge in [0, 0.05) is 10.7 Å². The minimum atomic E-state index is -1.06. The van der Waals surface area contributed by atoms with Gasteiger partial charge in [-0.25, -0.2) is 9.59 Å². The lowest BCUT2D eigenvalue weighted by atomic mass is 10.2. The van der Waals surface area contributed by atoms with Gasteiger partial charge in [-0.05, 0) is 49.7 Å². The molecule has 0 saturated heterocycles. The summed E-state index contributed by atoms with van der Waals surface area (Å²) in [5, 5.41) is 3.40. The monoisotopic (exact) mass is 411 g/mol. The highest BCUT2D eigenvalue weighted by Gasteiger charge is 2.19. The van der Waals surface area contributed by atoms with Gasteiger partial charge in [-0.2, -0.15) is 0 Å². The average Bonchev–Trinajstić information content (AvgIpc) is 2.59. The summed E-state index contributed by atoms with van der Waals surface area (Å²) in [5.74, 6) is -0.251. The molecule has 0 aliphatic rings. The number of benzene rings is 2. The van der Waals surface area contributed by atoms with Gasteiger partial charge < -0.3 is 14.2 Å². The third kappa shape index (κ3) is 7.00. The van der Waals surface area contributed by atoms with Gasteiger partial charge in [0.25, 0.3) is 0 Å². The average molecular weight is 412 g/mol. The van der Waals surface area contributed by atoms with Gasteiger partial charge in [0.1, 0.15) is 19.0 Å². The Labute approximate surface area is 167 Å². The number of carbonyl (C=O) groups is 2. The van der Waals surface area contributed by atoms with E-state index in [0.717, 1.165) is 5.56 Å². The van der Waals surface area contributed by atoms with Gasteiger partial charge in [0.15, 0.2) is 6.10 Å². The fraction of sp³-hybridized carbons (Fsp3) is 0.263. The zero-order chi connectivity index (χ0) is 19.8. The maximum absolute atomic E-state index is 11.9. The molecule has 0 fully saturated rings. The molecule has 1 N–H and O–H groups in total. The van der Waals surface area contributed by atoms with E-state index in [4.69, 9.17) is 37.4 Å². The molecule has 2 aromatic carbocycles. The van der Waals surface area contributed by atoms with E-state index >= 15 is 0 Å². The van der Waals surface area contributed by atoms with E-state index in [1.54, 1.807) is 36.4 Å². The number of halogens is 2. The van der Waals surface area contributed by atoms with E-state index in [1.807, 2.05) is 13.0 Å². The van der Waals surface area contributed by atoms with Gasteiger partial charge in [-0.3, -0.25) is 5.32 Å².